The number of benzene rings is 2. The van der Waals surface area contributed by atoms with Gasteiger partial charge in [0.1, 0.15) is 0 Å². The second-order valence-electron chi connectivity index (χ2n) is 4.97. The standard InChI is InChI=1S/C18H21NO2S/c19-12-16-7-4-8-17(11-16)13-22-14-18(20)21-10-9-15-5-2-1-3-6-15/h1-8,11H,9-10,12-14,19H2. The van der Waals surface area contributed by atoms with Gasteiger partial charge in [0, 0.05) is 18.7 Å². The van der Waals surface area contributed by atoms with Crippen molar-refractivity contribution in [3.8, 4) is 0 Å². The first-order valence-electron chi connectivity index (χ1n) is 7.33. The van der Waals surface area contributed by atoms with E-state index >= 15 is 0 Å². The molecule has 0 radical (unpaired) electrons. The van der Waals surface area contributed by atoms with Crippen molar-refractivity contribution in [1.82, 2.24) is 0 Å². The van der Waals surface area contributed by atoms with E-state index < -0.39 is 0 Å². The Labute approximate surface area is 135 Å². The molecule has 0 aromatic heterocycles. The van der Waals surface area contributed by atoms with Gasteiger partial charge >= 0.3 is 5.97 Å². The van der Waals surface area contributed by atoms with Gasteiger partial charge in [0.2, 0.25) is 0 Å². The van der Waals surface area contributed by atoms with Crippen LogP contribution in [0.25, 0.3) is 0 Å². The molecule has 0 spiro atoms. The summed E-state index contributed by atoms with van der Waals surface area (Å²) < 4.78 is 5.25. The van der Waals surface area contributed by atoms with E-state index in [1.807, 2.05) is 48.5 Å². The van der Waals surface area contributed by atoms with Gasteiger partial charge in [0.05, 0.1) is 12.4 Å². The molecule has 0 aliphatic carbocycles. The lowest BCUT2D eigenvalue weighted by Crippen LogP contribution is -2.10. The Morgan fingerprint density at radius 3 is 2.50 bits per heavy atom. The fourth-order valence-electron chi connectivity index (χ4n) is 2.07. The third-order valence-corrected chi connectivity index (χ3v) is 4.19. The normalized spacial score (nSPS) is 10.4. The van der Waals surface area contributed by atoms with Gasteiger partial charge in [-0.1, -0.05) is 54.6 Å². The minimum Gasteiger partial charge on any atom is -0.465 e. The molecule has 2 N–H and O–H groups in total. The molecular weight excluding hydrogens is 294 g/mol. The van der Waals surface area contributed by atoms with Crippen molar-refractivity contribution in [2.24, 2.45) is 5.73 Å². The number of ether oxygens (including phenoxy) is 1. The molecule has 0 aliphatic rings. The largest absolute Gasteiger partial charge is 0.465 e. The van der Waals surface area contributed by atoms with E-state index in [4.69, 9.17) is 10.5 Å². The monoisotopic (exact) mass is 315 g/mol. The predicted octanol–water partition coefficient (Wildman–Crippen LogP) is 3.16. The Morgan fingerprint density at radius 2 is 1.73 bits per heavy atom. The van der Waals surface area contributed by atoms with Crippen molar-refractivity contribution in [2.75, 3.05) is 12.4 Å². The Morgan fingerprint density at radius 1 is 1.00 bits per heavy atom. The van der Waals surface area contributed by atoms with E-state index in [1.165, 1.54) is 11.1 Å². The van der Waals surface area contributed by atoms with Crippen LogP contribution in [0.4, 0.5) is 0 Å². The van der Waals surface area contributed by atoms with Crippen LogP contribution in [0.2, 0.25) is 0 Å². The second-order valence-corrected chi connectivity index (χ2v) is 5.96. The molecule has 0 atom stereocenters. The van der Waals surface area contributed by atoms with Gasteiger partial charge in [-0.25, -0.2) is 0 Å². The van der Waals surface area contributed by atoms with Gasteiger partial charge in [0.25, 0.3) is 0 Å². The molecule has 0 fully saturated rings. The molecule has 3 nitrogen and oxygen atoms in total. The van der Waals surface area contributed by atoms with Crippen LogP contribution in [-0.2, 0) is 28.2 Å². The highest BCUT2D eigenvalue weighted by Crippen LogP contribution is 2.14. The van der Waals surface area contributed by atoms with E-state index in [-0.39, 0.29) is 5.97 Å². The minimum atomic E-state index is -0.157. The molecule has 0 amide bonds. The zero-order valence-corrected chi connectivity index (χ0v) is 13.4. The fraction of sp³-hybridized carbons (Fsp3) is 0.278. The van der Waals surface area contributed by atoms with E-state index in [0.717, 1.165) is 17.7 Å². The molecule has 0 unspecified atom stereocenters. The van der Waals surface area contributed by atoms with Gasteiger partial charge in [-0.15, -0.1) is 11.8 Å². The number of carbonyl (C=O) groups excluding carboxylic acids is 1. The summed E-state index contributed by atoms with van der Waals surface area (Å²) in [5.74, 6) is 1.01. The summed E-state index contributed by atoms with van der Waals surface area (Å²) in [4.78, 5) is 11.7. The van der Waals surface area contributed by atoms with Crippen LogP contribution in [0.5, 0.6) is 0 Å². The summed E-state index contributed by atoms with van der Waals surface area (Å²) in [6.45, 7) is 0.978. The van der Waals surface area contributed by atoms with Crippen LogP contribution in [-0.4, -0.2) is 18.3 Å². The summed E-state index contributed by atoms with van der Waals surface area (Å²) in [5.41, 5.74) is 9.10. The van der Waals surface area contributed by atoms with Crippen molar-refractivity contribution in [3.05, 3.63) is 71.3 Å². The molecule has 4 heteroatoms. The molecule has 2 rings (SSSR count). The van der Waals surface area contributed by atoms with Crippen molar-refractivity contribution in [2.45, 2.75) is 18.7 Å². The quantitative estimate of drug-likeness (QED) is 0.760. The van der Waals surface area contributed by atoms with Crippen LogP contribution >= 0.6 is 11.8 Å². The lowest BCUT2D eigenvalue weighted by atomic mass is 10.1. The van der Waals surface area contributed by atoms with Crippen LogP contribution in [0.15, 0.2) is 54.6 Å². The summed E-state index contributed by atoms with van der Waals surface area (Å²) in [6, 6.07) is 18.2. The van der Waals surface area contributed by atoms with E-state index in [1.54, 1.807) is 11.8 Å². The molecule has 0 bridgehead atoms. The number of hydrogen-bond acceptors (Lipinski definition) is 4. The molecule has 0 saturated carbocycles. The molecule has 22 heavy (non-hydrogen) atoms. The van der Waals surface area contributed by atoms with Crippen molar-refractivity contribution >= 4 is 17.7 Å². The van der Waals surface area contributed by atoms with E-state index in [9.17, 15) is 4.79 Å². The molecule has 0 aliphatic heterocycles. The van der Waals surface area contributed by atoms with E-state index in [0.29, 0.717) is 18.9 Å². The average molecular weight is 315 g/mol. The first kappa shape index (κ1) is 16.6. The van der Waals surface area contributed by atoms with E-state index in [2.05, 4.69) is 6.07 Å². The number of nitrogens with two attached hydrogens (primary N) is 1. The Kier molecular flexibility index (Phi) is 7.00. The fourth-order valence-corrected chi connectivity index (χ4v) is 2.84. The molecule has 0 saturated heterocycles. The number of rotatable bonds is 8. The second kappa shape index (κ2) is 9.28. The highest BCUT2D eigenvalue weighted by Gasteiger charge is 2.04. The highest BCUT2D eigenvalue weighted by molar-refractivity contribution is 7.99. The van der Waals surface area contributed by atoms with Crippen molar-refractivity contribution in [3.63, 3.8) is 0 Å². The maximum Gasteiger partial charge on any atom is 0.315 e. The molecule has 116 valence electrons. The number of thioether (sulfide) groups is 1. The zero-order chi connectivity index (χ0) is 15.6. The minimum absolute atomic E-state index is 0.157. The summed E-state index contributed by atoms with van der Waals surface area (Å²) in [7, 11) is 0. The Hall–Kier alpha value is -1.78. The molecule has 2 aromatic rings. The SMILES string of the molecule is NCc1cccc(CSCC(=O)OCCc2ccccc2)c1. The van der Waals surface area contributed by atoms with Gasteiger partial charge in [-0.2, -0.15) is 0 Å². The third-order valence-electron chi connectivity index (χ3n) is 3.21. The van der Waals surface area contributed by atoms with Gasteiger partial charge in [-0.05, 0) is 16.7 Å². The Bertz CT molecular complexity index is 587. The van der Waals surface area contributed by atoms with Crippen LogP contribution in [0.1, 0.15) is 16.7 Å². The van der Waals surface area contributed by atoms with Crippen LogP contribution < -0.4 is 5.73 Å². The van der Waals surface area contributed by atoms with Gasteiger partial charge < -0.3 is 10.5 Å². The lowest BCUT2D eigenvalue weighted by Gasteiger charge is -2.06. The maximum absolute atomic E-state index is 11.7. The van der Waals surface area contributed by atoms with Gasteiger partial charge in [0.15, 0.2) is 0 Å². The van der Waals surface area contributed by atoms with Gasteiger partial charge in [-0.3, -0.25) is 4.79 Å². The smallest absolute Gasteiger partial charge is 0.315 e. The highest BCUT2D eigenvalue weighted by atomic mass is 32.2. The number of esters is 1. The third kappa shape index (κ3) is 5.92. The molecular formula is C18H21NO2S. The average Bonchev–Trinajstić information content (AvgIpc) is 2.56. The first-order chi connectivity index (χ1) is 10.8. The lowest BCUT2D eigenvalue weighted by molar-refractivity contribution is -0.140. The summed E-state index contributed by atoms with van der Waals surface area (Å²) >= 11 is 1.56. The number of hydrogen-bond donors (Lipinski definition) is 1. The number of carbonyl (C=O) groups is 1. The maximum atomic E-state index is 11.7. The zero-order valence-electron chi connectivity index (χ0n) is 12.5. The first-order valence-corrected chi connectivity index (χ1v) is 8.48. The van der Waals surface area contributed by atoms with Crippen LogP contribution in [0, 0.1) is 0 Å². The topological polar surface area (TPSA) is 52.3 Å². The van der Waals surface area contributed by atoms with Crippen molar-refractivity contribution < 1.29 is 9.53 Å². The summed E-state index contributed by atoms with van der Waals surface area (Å²) in [6.07, 6.45) is 0.760. The summed E-state index contributed by atoms with van der Waals surface area (Å²) in [5, 5.41) is 0. The molecule has 2 aromatic carbocycles. The predicted molar refractivity (Wildman–Crippen MR) is 91.6 cm³/mol. The van der Waals surface area contributed by atoms with Crippen LogP contribution in [0.3, 0.4) is 0 Å². The van der Waals surface area contributed by atoms with Crippen molar-refractivity contribution in [1.29, 1.82) is 0 Å². The molecule has 0 heterocycles. The Balaban J connectivity index is 1.63.